The normalized spacial score (nSPS) is 17.3. The number of hydrogen-bond acceptors (Lipinski definition) is 3. The lowest BCUT2D eigenvalue weighted by Gasteiger charge is -2.28. The Balaban J connectivity index is 1.68. The van der Waals surface area contributed by atoms with E-state index in [1.807, 2.05) is 48.5 Å². The van der Waals surface area contributed by atoms with E-state index in [0.29, 0.717) is 24.4 Å². The smallest absolute Gasteiger partial charge is 0.251 e. The minimum absolute atomic E-state index is 0.152. The molecule has 0 radical (unpaired) electrons. The van der Waals surface area contributed by atoms with E-state index in [2.05, 4.69) is 24.5 Å². The monoisotopic (exact) mass is 366 g/mol. The second kappa shape index (κ2) is 8.68. The average Bonchev–Trinajstić information content (AvgIpc) is 3.48. The third-order valence-corrected chi connectivity index (χ3v) is 5.67. The number of β-amino-alcohol motifs (C(OH)–C–C–N with tert-alkyl or cyclic N) is 1. The van der Waals surface area contributed by atoms with Gasteiger partial charge in [-0.2, -0.15) is 0 Å². The van der Waals surface area contributed by atoms with Crippen molar-refractivity contribution in [3.63, 3.8) is 0 Å². The predicted molar refractivity (Wildman–Crippen MR) is 109 cm³/mol. The SMILES string of the molecule is CC(C)C1(NC[C@@H](O)[C@H](Cc2ccccc2)NC(=O)c2ccccc2)CC1. The first-order chi connectivity index (χ1) is 13.0. The van der Waals surface area contributed by atoms with Crippen molar-refractivity contribution in [2.45, 2.75) is 50.8 Å². The van der Waals surface area contributed by atoms with Crippen molar-refractivity contribution < 1.29 is 9.90 Å². The standard InChI is InChI=1S/C23H30N2O2/c1-17(2)23(13-14-23)24-16-21(26)20(15-18-9-5-3-6-10-18)25-22(27)19-11-7-4-8-12-19/h3-12,17,20-21,24,26H,13-16H2,1-2H3,(H,25,27)/t20-,21+/m0/s1. The predicted octanol–water partition coefficient (Wildman–Crippen LogP) is 3.17. The minimum Gasteiger partial charge on any atom is -0.390 e. The van der Waals surface area contributed by atoms with Crippen molar-refractivity contribution in [3.05, 3.63) is 71.8 Å². The number of aliphatic hydroxyl groups is 1. The Bertz CT molecular complexity index is 727. The zero-order valence-electron chi connectivity index (χ0n) is 16.2. The first-order valence-corrected chi connectivity index (χ1v) is 9.83. The molecule has 1 aliphatic carbocycles. The van der Waals surface area contributed by atoms with Crippen LogP contribution in [0.15, 0.2) is 60.7 Å². The summed E-state index contributed by atoms with van der Waals surface area (Å²) in [6.45, 7) is 4.90. The molecule has 144 valence electrons. The molecule has 0 bridgehead atoms. The van der Waals surface area contributed by atoms with E-state index in [1.54, 1.807) is 12.1 Å². The second-order valence-electron chi connectivity index (χ2n) is 7.89. The number of benzene rings is 2. The summed E-state index contributed by atoms with van der Waals surface area (Å²) in [5.74, 6) is 0.386. The fourth-order valence-electron chi connectivity index (χ4n) is 3.54. The molecule has 0 spiro atoms. The zero-order chi connectivity index (χ0) is 19.3. The van der Waals surface area contributed by atoms with Gasteiger partial charge in [0.25, 0.3) is 5.91 Å². The molecule has 3 N–H and O–H groups in total. The highest BCUT2D eigenvalue weighted by atomic mass is 16.3. The quantitative estimate of drug-likeness (QED) is 0.639. The molecule has 2 aromatic rings. The molecule has 2 atom stereocenters. The lowest BCUT2D eigenvalue weighted by molar-refractivity contribution is 0.0817. The van der Waals surface area contributed by atoms with E-state index in [1.165, 1.54) is 0 Å². The number of hydrogen-bond donors (Lipinski definition) is 3. The molecule has 2 aromatic carbocycles. The maximum absolute atomic E-state index is 12.6. The van der Waals surface area contributed by atoms with Gasteiger partial charge in [-0.15, -0.1) is 0 Å². The first kappa shape index (κ1) is 19.6. The van der Waals surface area contributed by atoms with Crippen LogP contribution in [0.4, 0.5) is 0 Å². The van der Waals surface area contributed by atoms with Crippen molar-refractivity contribution in [2.75, 3.05) is 6.54 Å². The summed E-state index contributed by atoms with van der Waals surface area (Å²) < 4.78 is 0. The average molecular weight is 367 g/mol. The maximum Gasteiger partial charge on any atom is 0.251 e. The molecule has 0 aliphatic heterocycles. The molecular weight excluding hydrogens is 336 g/mol. The number of nitrogens with one attached hydrogen (secondary N) is 2. The Morgan fingerprint density at radius 1 is 1.04 bits per heavy atom. The largest absolute Gasteiger partial charge is 0.390 e. The summed E-state index contributed by atoms with van der Waals surface area (Å²) in [5, 5.41) is 17.4. The third-order valence-electron chi connectivity index (χ3n) is 5.67. The first-order valence-electron chi connectivity index (χ1n) is 9.83. The van der Waals surface area contributed by atoms with E-state index in [0.717, 1.165) is 18.4 Å². The van der Waals surface area contributed by atoms with Crippen LogP contribution in [0.25, 0.3) is 0 Å². The van der Waals surface area contributed by atoms with E-state index in [9.17, 15) is 9.90 Å². The summed E-state index contributed by atoms with van der Waals surface area (Å²) in [5.41, 5.74) is 1.86. The van der Waals surface area contributed by atoms with E-state index < -0.39 is 6.10 Å². The van der Waals surface area contributed by atoms with Crippen molar-refractivity contribution >= 4 is 5.91 Å². The van der Waals surface area contributed by atoms with Crippen LogP contribution < -0.4 is 10.6 Å². The second-order valence-corrected chi connectivity index (χ2v) is 7.89. The van der Waals surface area contributed by atoms with E-state index in [-0.39, 0.29) is 17.5 Å². The van der Waals surface area contributed by atoms with Crippen molar-refractivity contribution in [3.8, 4) is 0 Å². The number of rotatable bonds is 9. The van der Waals surface area contributed by atoms with Gasteiger partial charge in [-0.25, -0.2) is 0 Å². The van der Waals surface area contributed by atoms with E-state index >= 15 is 0 Å². The van der Waals surface area contributed by atoms with Crippen LogP contribution in [0.5, 0.6) is 0 Å². The van der Waals surface area contributed by atoms with Gasteiger partial charge in [-0.3, -0.25) is 4.79 Å². The molecule has 4 nitrogen and oxygen atoms in total. The molecule has 0 aromatic heterocycles. The summed E-state index contributed by atoms with van der Waals surface area (Å²) in [6, 6.07) is 18.8. The van der Waals surface area contributed by atoms with Crippen LogP contribution in [-0.2, 0) is 6.42 Å². The highest BCUT2D eigenvalue weighted by molar-refractivity contribution is 5.94. The molecule has 0 heterocycles. The molecule has 1 saturated carbocycles. The fourth-order valence-corrected chi connectivity index (χ4v) is 3.54. The number of aliphatic hydroxyl groups excluding tert-OH is 1. The van der Waals surface area contributed by atoms with Gasteiger partial charge >= 0.3 is 0 Å². The molecule has 1 fully saturated rings. The molecule has 4 heteroatoms. The highest BCUT2D eigenvalue weighted by Crippen LogP contribution is 2.41. The summed E-state index contributed by atoms with van der Waals surface area (Å²) in [7, 11) is 0. The zero-order valence-corrected chi connectivity index (χ0v) is 16.2. The number of carbonyl (C=O) groups is 1. The van der Waals surface area contributed by atoms with Gasteiger partial charge in [0.05, 0.1) is 12.1 Å². The van der Waals surface area contributed by atoms with Gasteiger partial charge in [0.2, 0.25) is 0 Å². The summed E-state index contributed by atoms with van der Waals surface area (Å²) in [4.78, 5) is 12.6. The molecular formula is C23H30N2O2. The molecule has 0 saturated heterocycles. The van der Waals surface area contributed by atoms with Gasteiger partial charge in [0.15, 0.2) is 0 Å². The Labute approximate surface area is 162 Å². The van der Waals surface area contributed by atoms with Crippen LogP contribution in [0.3, 0.4) is 0 Å². The van der Waals surface area contributed by atoms with Crippen molar-refractivity contribution in [1.82, 2.24) is 10.6 Å². The molecule has 1 aliphatic rings. The lowest BCUT2D eigenvalue weighted by Crippen LogP contribution is -2.51. The summed E-state index contributed by atoms with van der Waals surface area (Å²) in [6.07, 6.45) is 2.24. The molecule has 1 amide bonds. The molecule has 27 heavy (non-hydrogen) atoms. The van der Waals surface area contributed by atoms with E-state index in [4.69, 9.17) is 0 Å². The lowest BCUT2D eigenvalue weighted by atomic mass is 9.98. The molecule has 0 unspecified atom stereocenters. The Kier molecular flexibility index (Phi) is 6.30. The van der Waals surface area contributed by atoms with Gasteiger partial charge in [0.1, 0.15) is 0 Å². The minimum atomic E-state index is -0.658. The summed E-state index contributed by atoms with van der Waals surface area (Å²) >= 11 is 0. The third kappa shape index (κ3) is 5.18. The topological polar surface area (TPSA) is 61.4 Å². The van der Waals surface area contributed by atoms with Gasteiger partial charge < -0.3 is 15.7 Å². The van der Waals surface area contributed by atoms with Crippen LogP contribution in [0.1, 0.15) is 42.6 Å². The Morgan fingerprint density at radius 3 is 2.19 bits per heavy atom. The van der Waals surface area contributed by atoms with Gasteiger partial charge in [-0.05, 0) is 42.9 Å². The van der Waals surface area contributed by atoms with Crippen LogP contribution in [0, 0.1) is 5.92 Å². The molecule has 3 rings (SSSR count). The maximum atomic E-state index is 12.6. The van der Waals surface area contributed by atoms with Crippen LogP contribution in [-0.4, -0.2) is 35.2 Å². The van der Waals surface area contributed by atoms with Gasteiger partial charge in [-0.1, -0.05) is 62.4 Å². The Morgan fingerprint density at radius 2 is 1.63 bits per heavy atom. The number of amides is 1. The van der Waals surface area contributed by atoms with Gasteiger partial charge in [0, 0.05) is 17.6 Å². The van der Waals surface area contributed by atoms with Crippen molar-refractivity contribution in [1.29, 1.82) is 0 Å². The van der Waals surface area contributed by atoms with Crippen LogP contribution >= 0.6 is 0 Å². The highest BCUT2D eigenvalue weighted by Gasteiger charge is 2.45. The van der Waals surface area contributed by atoms with Crippen molar-refractivity contribution in [2.24, 2.45) is 5.92 Å². The number of carbonyl (C=O) groups excluding carboxylic acids is 1. The van der Waals surface area contributed by atoms with Crippen LogP contribution in [0.2, 0.25) is 0 Å². The fraction of sp³-hybridized carbons (Fsp3) is 0.435. The Hall–Kier alpha value is -2.17.